The van der Waals surface area contributed by atoms with E-state index in [-0.39, 0.29) is 55.5 Å². The summed E-state index contributed by atoms with van der Waals surface area (Å²) in [6, 6.07) is 1.07. The number of hydrogen-bond acceptors (Lipinski definition) is 8. The Morgan fingerprint density at radius 3 is 2.83 bits per heavy atom. The maximum absolute atomic E-state index is 14.0. The van der Waals surface area contributed by atoms with Gasteiger partial charge < -0.3 is 20.1 Å². The van der Waals surface area contributed by atoms with Crippen molar-refractivity contribution in [3.8, 4) is 5.88 Å². The van der Waals surface area contributed by atoms with Crippen LogP contribution in [0.1, 0.15) is 64.0 Å². The summed E-state index contributed by atoms with van der Waals surface area (Å²) in [6.07, 6.45) is 8.43. The quantitative estimate of drug-likeness (QED) is 0.385. The summed E-state index contributed by atoms with van der Waals surface area (Å²) in [5.74, 6) is -1.19. The Morgan fingerprint density at radius 2 is 2.05 bits per heavy atom. The molecule has 2 aromatic rings. The number of carbonyl (C=O) groups excluding carboxylic acids is 3. The maximum atomic E-state index is 14.0. The number of fused-ring (bicyclic) bond motifs is 3. The van der Waals surface area contributed by atoms with Crippen molar-refractivity contribution >= 4 is 44.6 Å². The first-order valence-electron chi connectivity index (χ1n) is 14.4. The first kappa shape index (κ1) is 29.6. The molecule has 1 aliphatic carbocycles. The Hall–Kier alpha value is -2.92. The number of carbonyl (C=O) groups is 3. The molecule has 0 spiro atoms. The van der Waals surface area contributed by atoms with Crippen molar-refractivity contribution < 1.29 is 28.2 Å². The lowest BCUT2D eigenvalue weighted by Crippen LogP contribution is -2.49. The minimum atomic E-state index is -0.905. The fraction of sp³-hybridized carbons (Fsp3) is 0.567. The van der Waals surface area contributed by atoms with Crippen LogP contribution >= 0.6 is 15.9 Å². The number of nitrogens with two attached hydrogens (primary N) is 1. The molecule has 2 fully saturated rings. The standard InChI is InChI=1S/C30H36BrFN4O5/c1-3-40-29(39)30-14-18(30)9-7-5-4-6-8-10-22(33)28(38)36-16-20(13-24(36)25(37)15-30)41-27-17(2)34-26-21(31)11-19(32)12-23(26)35-27/h7,9,11-12,18,20,22,24H,3-6,8,10,13-16,33H2,1-2H3/b9-7-/t18-,20-,22+,24+,30-/m1/s1. The SMILES string of the molecule is CCOC(=O)[C@]12CC(=O)[C@@H]3C[C@@H](Oc4nc5cc(F)cc(Br)c5nc4C)CN3C(=O)[C@@H](N)CCCCC/C=C\[C@@H]1C2. The van der Waals surface area contributed by atoms with Gasteiger partial charge in [-0.15, -0.1) is 0 Å². The molecule has 1 saturated carbocycles. The molecule has 220 valence electrons. The van der Waals surface area contributed by atoms with Crippen LogP contribution in [0.3, 0.4) is 0 Å². The molecule has 5 rings (SSSR count). The minimum Gasteiger partial charge on any atom is -0.471 e. The number of ketones is 1. The van der Waals surface area contributed by atoms with E-state index in [0.29, 0.717) is 34.0 Å². The fourth-order valence-corrected chi connectivity index (χ4v) is 6.57. The van der Waals surface area contributed by atoms with Gasteiger partial charge in [-0.2, -0.15) is 0 Å². The van der Waals surface area contributed by atoms with Crippen LogP contribution in [0.15, 0.2) is 28.8 Å². The van der Waals surface area contributed by atoms with E-state index in [2.05, 4.69) is 32.0 Å². The second kappa shape index (κ2) is 12.1. The van der Waals surface area contributed by atoms with E-state index in [0.717, 1.165) is 25.7 Å². The number of hydrogen-bond donors (Lipinski definition) is 1. The lowest BCUT2D eigenvalue weighted by molar-refractivity contribution is -0.152. The minimum absolute atomic E-state index is 0.0145. The van der Waals surface area contributed by atoms with Gasteiger partial charge in [0.05, 0.1) is 36.2 Å². The third-order valence-corrected chi connectivity index (χ3v) is 9.00. The summed E-state index contributed by atoms with van der Waals surface area (Å²) >= 11 is 3.33. The number of esters is 1. The molecule has 1 aromatic heterocycles. The molecular weight excluding hydrogens is 595 g/mol. The monoisotopic (exact) mass is 630 g/mol. The number of nitrogens with zero attached hydrogens (tertiary/aromatic N) is 3. The zero-order valence-electron chi connectivity index (χ0n) is 23.4. The Labute approximate surface area is 247 Å². The van der Waals surface area contributed by atoms with E-state index >= 15 is 0 Å². The van der Waals surface area contributed by atoms with Crippen molar-refractivity contribution in [2.24, 2.45) is 17.1 Å². The van der Waals surface area contributed by atoms with Crippen molar-refractivity contribution in [2.75, 3.05) is 13.2 Å². The van der Waals surface area contributed by atoms with E-state index < -0.39 is 29.4 Å². The second-order valence-electron chi connectivity index (χ2n) is 11.4. The zero-order valence-corrected chi connectivity index (χ0v) is 25.0. The lowest BCUT2D eigenvalue weighted by Gasteiger charge is -2.27. The molecule has 5 atom stereocenters. The first-order chi connectivity index (χ1) is 19.6. The molecule has 9 nitrogen and oxygen atoms in total. The van der Waals surface area contributed by atoms with Gasteiger partial charge in [0.15, 0.2) is 5.78 Å². The smallest absolute Gasteiger partial charge is 0.313 e. The third kappa shape index (κ3) is 6.16. The van der Waals surface area contributed by atoms with Crippen LogP contribution in [0.4, 0.5) is 4.39 Å². The summed E-state index contributed by atoms with van der Waals surface area (Å²) in [5.41, 5.74) is 6.75. The topological polar surface area (TPSA) is 125 Å². The highest BCUT2D eigenvalue weighted by molar-refractivity contribution is 9.10. The van der Waals surface area contributed by atoms with Crippen molar-refractivity contribution in [3.63, 3.8) is 0 Å². The predicted molar refractivity (Wildman–Crippen MR) is 153 cm³/mol. The van der Waals surface area contributed by atoms with E-state index in [9.17, 15) is 18.8 Å². The highest BCUT2D eigenvalue weighted by Crippen LogP contribution is 2.57. The van der Waals surface area contributed by atoms with E-state index in [1.807, 2.05) is 6.08 Å². The maximum Gasteiger partial charge on any atom is 0.313 e. The summed E-state index contributed by atoms with van der Waals surface area (Å²) in [6.45, 7) is 3.87. The Balaban J connectivity index is 1.42. The predicted octanol–water partition coefficient (Wildman–Crippen LogP) is 4.56. The van der Waals surface area contributed by atoms with Gasteiger partial charge in [-0.05, 0) is 67.4 Å². The molecule has 2 aliphatic heterocycles. The average molecular weight is 632 g/mol. The second-order valence-corrected chi connectivity index (χ2v) is 12.2. The molecule has 11 heteroatoms. The fourth-order valence-electron chi connectivity index (χ4n) is 6.05. The normalized spacial score (nSPS) is 29.7. The number of allylic oxidation sites excluding steroid dienone is 2. The zero-order chi connectivity index (χ0) is 29.3. The molecule has 3 heterocycles. The molecule has 0 bridgehead atoms. The number of ether oxygens (including phenoxy) is 2. The van der Waals surface area contributed by atoms with Gasteiger partial charge in [0, 0.05) is 23.4 Å². The lowest BCUT2D eigenvalue weighted by atomic mass is 9.91. The van der Waals surface area contributed by atoms with E-state index in [1.165, 1.54) is 17.0 Å². The van der Waals surface area contributed by atoms with Gasteiger partial charge in [0.1, 0.15) is 23.1 Å². The van der Waals surface area contributed by atoms with Crippen molar-refractivity contribution in [3.05, 3.63) is 40.3 Å². The summed E-state index contributed by atoms with van der Waals surface area (Å²) in [4.78, 5) is 51.0. The number of halogens is 2. The number of rotatable bonds is 4. The molecule has 3 aliphatic rings. The number of benzene rings is 1. The molecular formula is C30H36BrFN4O5. The van der Waals surface area contributed by atoms with Crippen LogP contribution in [0.5, 0.6) is 5.88 Å². The van der Waals surface area contributed by atoms with Crippen molar-refractivity contribution in [2.45, 2.75) is 83.4 Å². The summed E-state index contributed by atoms with van der Waals surface area (Å²) < 4.78 is 26.1. The molecule has 1 saturated heterocycles. The van der Waals surface area contributed by atoms with Crippen LogP contribution in [-0.4, -0.2) is 63.9 Å². The molecule has 0 radical (unpaired) electrons. The van der Waals surface area contributed by atoms with Gasteiger partial charge in [-0.25, -0.2) is 14.4 Å². The van der Waals surface area contributed by atoms with Gasteiger partial charge in [0.25, 0.3) is 0 Å². The third-order valence-electron chi connectivity index (χ3n) is 8.39. The largest absolute Gasteiger partial charge is 0.471 e. The van der Waals surface area contributed by atoms with Crippen molar-refractivity contribution in [1.82, 2.24) is 14.9 Å². The van der Waals surface area contributed by atoms with Gasteiger partial charge >= 0.3 is 5.97 Å². The van der Waals surface area contributed by atoms with Crippen LogP contribution in [0, 0.1) is 24.1 Å². The number of Topliss-reactive ketones (excluding diaryl/α,β-unsaturated/α-hetero) is 1. The first-order valence-corrected chi connectivity index (χ1v) is 15.1. The number of amides is 1. The molecule has 0 unspecified atom stereocenters. The van der Waals surface area contributed by atoms with Crippen LogP contribution in [-0.2, 0) is 19.1 Å². The molecule has 2 N–H and O–H groups in total. The average Bonchev–Trinajstić information content (AvgIpc) is 3.45. The van der Waals surface area contributed by atoms with Crippen LogP contribution in [0.25, 0.3) is 11.0 Å². The number of aryl methyl sites for hydroxylation is 1. The van der Waals surface area contributed by atoms with Crippen LogP contribution in [0.2, 0.25) is 0 Å². The summed E-state index contributed by atoms with van der Waals surface area (Å²) in [5, 5.41) is 0. The Kier molecular flexibility index (Phi) is 8.75. The summed E-state index contributed by atoms with van der Waals surface area (Å²) in [7, 11) is 0. The van der Waals surface area contributed by atoms with E-state index in [4.69, 9.17) is 15.2 Å². The van der Waals surface area contributed by atoms with Crippen molar-refractivity contribution in [1.29, 1.82) is 0 Å². The van der Waals surface area contributed by atoms with Crippen LogP contribution < -0.4 is 10.5 Å². The molecule has 41 heavy (non-hydrogen) atoms. The molecule has 1 amide bonds. The van der Waals surface area contributed by atoms with Gasteiger partial charge in [0.2, 0.25) is 11.8 Å². The van der Waals surface area contributed by atoms with E-state index in [1.54, 1.807) is 13.8 Å². The van der Waals surface area contributed by atoms with Gasteiger partial charge in [-0.1, -0.05) is 25.0 Å². The highest BCUT2D eigenvalue weighted by Gasteiger charge is 2.61. The Morgan fingerprint density at radius 1 is 1.24 bits per heavy atom. The van der Waals surface area contributed by atoms with Gasteiger partial charge in [-0.3, -0.25) is 14.4 Å². The highest BCUT2D eigenvalue weighted by atomic mass is 79.9. The Bertz CT molecular complexity index is 1390. The molecule has 1 aromatic carbocycles. The number of aromatic nitrogens is 2.